The summed E-state index contributed by atoms with van der Waals surface area (Å²) in [6, 6.07) is -3.13. The van der Waals surface area contributed by atoms with Crippen LogP contribution in [0, 0.1) is 5.92 Å². The number of carbonyl (C=O) groups excluding carboxylic acids is 4. The fraction of sp³-hybridized carbons (Fsp3) is 0.905. The molecular formula is C42H76N2Na2O11. The average Bonchev–Trinajstić information content (AvgIpc) is 3.43. The van der Waals surface area contributed by atoms with Gasteiger partial charge in [0.05, 0.1) is 24.7 Å². The van der Waals surface area contributed by atoms with Gasteiger partial charge in [-0.05, 0) is 32.6 Å². The normalized spacial score (nSPS) is 19.3. The molecule has 15 heteroatoms. The molecule has 7 atom stereocenters. The van der Waals surface area contributed by atoms with Crippen LogP contribution in [0.4, 0.5) is 0 Å². The number of unbranched alkanes of at least 4 members (excludes halogenated alkanes) is 20. The quantitative estimate of drug-likeness (QED) is 0.0348. The maximum absolute atomic E-state index is 13.9. The fourth-order valence-corrected chi connectivity index (χ4v) is 7.17. The van der Waals surface area contributed by atoms with Crippen molar-refractivity contribution in [3.8, 4) is 0 Å². The number of amides is 2. The van der Waals surface area contributed by atoms with E-state index in [1.807, 2.05) is 0 Å². The van der Waals surface area contributed by atoms with Gasteiger partial charge in [-0.2, -0.15) is 0 Å². The van der Waals surface area contributed by atoms with Gasteiger partial charge >= 0.3 is 59.1 Å². The topological polar surface area (TPSA) is 218 Å². The number of carboxylic acid groups (broad SMARTS) is 2. The number of nitrogens with one attached hydrogen (secondary N) is 2. The molecule has 322 valence electrons. The number of hydrogen-bond donors (Lipinski definition) is 5. The van der Waals surface area contributed by atoms with Crippen LogP contribution in [0.3, 0.4) is 0 Å². The predicted octanol–water partition coefficient (Wildman–Crippen LogP) is -1.89. The van der Waals surface area contributed by atoms with Crippen LogP contribution in [0.2, 0.25) is 0 Å². The Hall–Kier alpha value is -0.320. The van der Waals surface area contributed by atoms with Gasteiger partial charge in [-0.15, -0.1) is 0 Å². The summed E-state index contributed by atoms with van der Waals surface area (Å²) < 4.78 is 11.1. The van der Waals surface area contributed by atoms with Crippen LogP contribution < -0.4 is 80.0 Å². The van der Waals surface area contributed by atoms with Crippen molar-refractivity contribution in [2.45, 2.75) is 231 Å². The van der Waals surface area contributed by atoms with Crippen molar-refractivity contribution in [3.05, 3.63) is 0 Å². The van der Waals surface area contributed by atoms with Crippen molar-refractivity contribution in [1.29, 1.82) is 0 Å². The van der Waals surface area contributed by atoms with Gasteiger partial charge in [0, 0.05) is 11.9 Å². The summed E-state index contributed by atoms with van der Waals surface area (Å²) >= 11 is 0. The van der Waals surface area contributed by atoms with Crippen LogP contribution in [0.15, 0.2) is 0 Å². The largest absolute Gasteiger partial charge is 1.00 e. The minimum absolute atomic E-state index is 0. The van der Waals surface area contributed by atoms with Gasteiger partial charge in [0.1, 0.15) is 24.4 Å². The molecule has 0 aromatic rings. The number of ether oxygens (including phenoxy) is 2. The van der Waals surface area contributed by atoms with Gasteiger partial charge < -0.3 is 55.2 Å². The molecular weight excluding hydrogens is 754 g/mol. The molecule has 0 aromatic carbocycles. The summed E-state index contributed by atoms with van der Waals surface area (Å²) in [4.78, 5) is 50.1. The Labute approximate surface area is 387 Å². The molecule has 0 unspecified atom stereocenters. The minimum atomic E-state index is -1.70. The van der Waals surface area contributed by atoms with Gasteiger partial charge in [0.25, 0.3) is 0 Å². The number of aliphatic hydroxyl groups is 3. The second-order valence-corrected chi connectivity index (χ2v) is 15.7. The number of aliphatic carboxylic acids is 2. The third-order valence-corrected chi connectivity index (χ3v) is 10.7. The summed E-state index contributed by atoms with van der Waals surface area (Å²) in [5.41, 5.74) is 0. The first-order valence-electron chi connectivity index (χ1n) is 21.7. The van der Waals surface area contributed by atoms with Crippen molar-refractivity contribution in [2.24, 2.45) is 5.92 Å². The number of carbonyl (C=O) groups is 4. The minimum Gasteiger partial charge on any atom is -0.550 e. The third kappa shape index (κ3) is 28.0. The number of hydrogen-bond acceptors (Lipinski definition) is 11. The molecule has 1 aliphatic heterocycles. The van der Waals surface area contributed by atoms with E-state index in [-0.39, 0.29) is 59.1 Å². The molecule has 0 saturated carbocycles. The predicted molar refractivity (Wildman–Crippen MR) is 207 cm³/mol. The number of carboxylic acids is 2. The van der Waals surface area contributed by atoms with E-state index >= 15 is 0 Å². The van der Waals surface area contributed by atoms with Crippen LogP contribution in [0.1, 0.15) is 188 Å². The van der Waals surface area contributed by atoms with Crippen LogP contribution >= 0.6 is 0 Å². The van der Waals surface area contributed by atoms with E-state index in [0.717, 1.165) is 51.4 Å². The van der Waals surface area contributed by atoms with E-state index in [2.05, 4.69) is 24.5 Å². The van der Waals surface area contributed by atoms with Crippen molar-refractivity contribution in [3.63, 3.8) is 0 Å². The Morgan fingerprint density at radius 1 is 0.614 bits per heavy atom. The average molecular weight is 831 g/mol. The molecule has 5 N–H and O–H groups in total. The molecule has 0 radical (unpaired) electrons. The van der Waals surface area contributed by atoms with E-state index in [4.69, 9.17) is 9.47 Å². The van der Waals surface area contributed by atoms with Crippen LogP contribution in [-0.4, -0.2) is 88.5 Å². The zero-order valence-corrected chi connectivity index (χ0v) is 40.3. The Morgan fingerprint density at radius 2 is 1.02 bits per heavy atom. The number of aliphatic hydroxyl groups excluding tert-OH is 3. The van der Waals surface area contributed by atoms with Crippen LogP contribution in [0.5, 0.6) is 0 Å². The van der Waals surface area contributed by atoms with E-state index in [1.165, 1.54) is 96.8 Å². The molecule has 0 bridgehead atoms. The van der Waals surface area contributed by atoms with E-state index in [0.29, 0.717) is 12.8 Å². The fourth-order valence-electron chi connectivity index (χ4n) is 7.17. The zero-order valence-electron chi connectivity index (χ0n) is 36.3. The molecule has 0 spiro atoms. The molecule has 1 fully saturated rings. The molecule has 2 amide bonds. The Kier molecular flexibility index (Phi) is 38.6. The van der Waals surface area contributed by atoms with Crippen molar-refractivity contribution >= 4 is 23.8 Å². The first-order chi connectivity index (χ1) is 26.4. The van der Waals surface area contributed by atoms with E-state index < -0.39 is 91.9 Å². The smallest absolute Gasteiger partial charge is 0.550 e. The van der Waals surface area contributed by atoms with Gasteiger partial charge in [-0.25, -0.2) is 0 Å². The van der Waals surface area contributed by atoms with E-state index in [9.17, 15) is 44.7 Å². The van der Waals surface area contributed by atoms with Crippen molar-refractivity contribution < 1.29 is 113 Å². The standard InChI is InChI=1S/C42H78N2O11.2Na/c1-4-6-8-10-12-14-16-18-20-22-24-26-32(27-25-23-21-19-17-15-13-11-9-7-5-2)39(50)44-34(40(51)43-33(41(52)53)28-29-35(46)47)30-54-42-37(49)36(48)38(55-42)31(3)45;;/h31-34,36-38,42,45,48-49H,4-30H2,1-3H3,(H,43,51)(H,44,50)(H,46,47)(H,52,53);;/q;2*+1/p-2/t31-,33-,34+,36-,37-,38+,42+;;/m0../s1. The van der Waals surface area contributed by atoms with Gasteiger partial charge in [-0.3, -0.25) is 9.59 Å². The van der Waals surface area contributed by atoms with Crippen LogP contribution in [0.25, 0.3) is 0 Å². The summed E-state index contributed by atoms with van der Waals surface area (Å²) in [5.74, 6) is -4.96. The summed E-state index contributed by atoms with van der Waals surface area (Å²) in [6.45, 7) is 5.24. The Morgan fingerprint density at radius 3 is 1.39 bits per heavy atom. The summed E-state index contributed by atoms with van der Waals surface area (Å²) in [7, 11) is 0. The van der Waals surface area contributed by atoms with Crippen molar-refractivity contribution in [1.82, 2.24) is 10.6 Å². The molecule has 1 heterocycles. The molecule has 13 nitrogen and oxygen atoms in total. The molecule has 1 rings (SSSR count). The molecule has 57 heavy (non-hydrogen) atoms. The Balaban J connectivity index is 0. The molecule has 1 saturated heterocycles. The first kappa shape index (κ1) is 58.8. The second kappa shape index (κ2) is 37.4. The Bertz CT molecular complexity index is 1020. The first-order valence-corrected chi connectivity index (χ1v) is 21.7. The summed E-state index contributed by atoms with van der Waals surface area (Å²) in [5, 5.41) is 58.4. The molecule has 0 aromatic heterocycles. The van der Waals surface area contributed by atoms with Crippen LogP contribution in [-0.2, 0) is 28.7 Å². The van der Waals surface area contributed by atoms with Crippen molar-refractivity contribution in [2.75, 3.05) is 6.61 Å². The molecule has 1 aliphatic rings. The maximum Gasteiger partial charge on any atom is 1.00 e. The summed E-state index contributed by atoms with van der Waals surface area (Å²) in [6.07, 6.45) is 19.2. The second-order valence-electron chi connectivity index (χ2n) is 15.7. The number of rotatable bonds is 36. The SMILES string of the molecule is CCCCCCCCCCCCCC(CCCCCCCCCCCCC)C(=O)N[C@H](CO[C@@H]1O[C@H]([C@H](C)O)[C@@H](O)[C@@H]1O)C(=O)N[C@@H](CCC(=O)[O-])C(=O)[O-].[Na+].[Na+]. The van der Waals surface area contributed by atoms with Gasteiger partial charge in [-0.1, -0.05) is 155 Å². The van der Waals surface area contributed by atoms with E-state index in [1.54, 1.807) is 0 Å². The monoisotopic (exact) mass is 831 g/mol. The third-order valence-electron chi connectivity index (χ3n) is 10.7. The zero-order chi connectivity index (χ0) is 40.8. The van der Waals surface area contributed by atoms with Gasteiger partial charge in [0.2, 0.25) is 11.8 Å². The maximum atomic E-state index is 13.9. The van der Waals surface area contributed by atoms with Gasteiger partial charge in [0.15, 0.2) is 6.29 Å². The molecule has 0 aliphatic carbocycles.